The molecule has 1 saturated heterocycles. The molecule has 2 N–H and O–H groups in total. The molecule has 0 saturated carbocycles. The van der Waals surface area contributed by atoms with Gasteiger partial charge in [-0.15, -0.1) is 0 Å². The lowest BCUT2D eigenvalue weighted by Gasteiger charge is -2.32. The number of ether oxygens (including phenoxy) is 2. The fourth-order valence-electron chi connectivity index (χ4n) is 3.42. The molecule has 0 spiro atoms. The van der Waals surface area contributed by atoms with Crippen molar-refractivity contribution in [1.82, 2.24) is 14.9 Å². The normalized spacial score (nSPS) is 18.2. The molecule has 4 rings (SSSR count). The van der Waals surface area contributed by atoms with Gasteiger partial charge in [-0.05, 0) is 36.4 Å². The predicted octanol–water partition coefficient (Wildman–Crippen LogP) is 3.19. The van der Waals surface area contributed by atoms with Crippen molar-refractivity contribution >= 4 is 16.7 Å². The number of fused-ring (bicyclic) bond motifs is 1. The van der Waals surface area contributed by atoms with Crippen molar-refractivity contribution in [2.24, 2.45) is 0 Å². The first-order chi connectivity index (χ1) is 12.7. The third-order valence-electron chi connectivity index (χ3n) is 4.78. The molecule has 26 heavy (non-hydrogen) atoms. The van der Waals surface area contributed by atoms with Crippen LogP contribution in [0.3, 0.4) is 0 Å². The Morgan fingerprint density at radius 3 is 3.08 bits per heavy atom. The van der Waals surface area contributed by atoms with Crippen molar-refractivity contribution < 1.29 is 9.47 Å². The van der Waals surface area contributed by atoms with Crippen LogP contribution < -0.4 is 10.1 Å². The molecular formula is C20H24N4O2. The summed E-state index contributed by atoms with van der Waals surface area (Å²) in [7, 11) is 3.57. The number of aromatic nitrogens is 2. The fourth-order valence-corrected chi connectivity index (χ4v) is 3.42. The van der Waals surface area contributed by atoms with Crippen LogP contribution >= 0.6 is 0 Å². The zero-order chi connectivity index (χ0) is 17.9. The summed E-state index contributed by atoms with van der Waals surface area (Å²) < 4.78 is 11.3. The average Bonchev–Trinajstić information content (AvgIpc) is 3.09. The minimum absolute atomic E-state index is 0.00141. The third kappa shape index (κ3) is 3.52. The van der Waals surface area contributed by atoms with E-state index in [2.05, 4.69) is 38.4 Å². The van der Waals surface area contributed by atoms with E-state index in [0.29, 0.717) is 6.61 Å². The molecule has 0 radical (unpaired) electrons. The number of benzene rings is 1. The lowest BCUT2D eigenvalue weighted by atomic mass is 10.1. The van der Waals surface area contributed by atoms with Gasteiger partial charge < -0.3 is 19.8 Å². The van der Waals surface area contributed by atoms with E-state index in [4.69, 9.17) is 9.47 Å². The van der Waals surface area contributed by atoms with Crippen LogP contribution in [0.1, 0.15) is 17.5 Å². The number of pyridine rings is 1. The Balaban J connectivity index is 1.48. The molecule has 2 aromatic heterocycles. The summed E-state index contributed by atoms with van der Waals surface area (Å²) in [6.45, 7) is 3.33. The number of hydrogen-bond acceptors (Lipinski definition) is 5. The van der Waals surface area contributed by atoms with Gasteiger partial charge in [0.05, 0.1) is 19.4 Å². The van der Waals surface area contributed by atoms with Gasteiger partial charge in [-0.25, -0.2) is 4.98 Å². The standard InChI is InChI=1S/C20H24N4O2/c1-21-20-5-3-4-18(23-20)19-13-24(8-9-26-19)12-15-10-14-11-16(25-2)6-7-17(14)22-15/h3-7,10-11,19,22H,8-9,12-13H2,1-2H3,(H,21,23)/t19-/m1/s1. The second-order valence-corrected chi connectivity index (χ2v) is 6.54. The SMILES string of the molecule is CNc1cccc([C@H]2CN(Cc3cc4cc(OC)ccc4[nH]3)CCO2)n1. The number of rotatable bonds is 5. The number of anilines is 1. The summed E-state index contributed by atoms with van der Waals surface area (Å²) in [5.41, 5.74) is 3.31. The molecule has 0 aliphatic carbocycles. The Morgan fingerprint density at radius 2 is 2.23 bits per heavy atom. The van der Waals surface area contributed by atoms with Crippen LogP contribution in [-0.2, 0) is 11.3 Å². The highest BCUT2D eigenvalue weighted by Crippen LogP contribution is 2.25. The van der Waals surface area contributed by atoms with E-state index in [-0.39, 0.29) is 6.10 Å². The Hall–Kier alpha value is -2.57. The third-order valence-corrected chi connectivity index (χ3v) is 4.78. The van der Waals surface area contributed by atoms with Crippen molar-refractivity contribution in [3.05, 3.63) is 53.9 Å². The van der Waals surface area contributed by atoms with Crippen molar-refractivity contribution in [3.8, 4) is 5.75 Å². The Bertz CT molecular complexity index is 892. The number of hydrogen-bond donors (Lipinski definition) is 2. The van der Waals surface area contributed by atoms with Gasteiger partial charge in [0.2, 0.25) is 0 Å². The predicted molar refractivity (Wildman–Crippen MR) is 103 cm³/mol. The Morgan fingerprint density at radius 1 is 1.31 bits per heavy atom. The van der Waals surface area contributed by atoms with Gasteiger partial charge in [0.15, 0.2) is 0 Å². The van der Waals surface area contributed by atoms with Crippen molar-refractivity contribution in [3.63, 3.8) is 0 Å². The van der Waals surface area contributed by atoms with Gasteiger partial charge in [0, 0.05) is 43.3 Å². The summed E-state index contributed by atoms with van der Waals surface area (Å²) in [6, 6.07) is 14.3. The molecule has 1 aliphatic heterocycles. The lowest BCUT2D eigenvalue weighted by molar-refractivity contribution is -0.0352. The molecule has 3 aromatic rings. The Kier molecular flexibility index (Phi) is 4.77. The summed E-state index contributed by atoms with van der Waals surface area (Å²) in [6.07, 6.45) is 0.00141. The molecule has 1 aromatic carbocycles. The molecular weight excluding hydrogens is 328 g/mol. The first-order valence-electron chi connectivity index (χ1n) is 8.89. The number of aromatic amines is 1. The topological polar surface area (TPSA) is 62.4 Å². The minimum atomic E-state index is 0.00141. The van der Waals surface area contributed by atoms with Crippen molar-refractivity contribution in [1.29, 1.82) is 0 Å². The van der Waals surface area contributed by atoms with Crippen LogP contribution in [0.5, 0.6) is 5.75 Å². The van der Waals surface area contributed by atoms with Gasteiger partial charge in [0.1, 0.15) is 17.7 Å². The minimum Gasteiger partial charge on any atom is -0.497 e. The summed E-state index contributed by atoms with van der Waals surface area (Å²) in [5.74, 6) is 1.75. The van der Waals surface area contributed by atoms with E-state index in [1.165, 1.54) is 11.1 Å². The second kappa shape index (κ2) is 7.35. The largest absolute Gasteiger partial charge is 0.497 e. The van der Waals surface area contributed by atoms with Crippen LogP contribution in [0, 0.1) is 0 Å². The van der Waals surface area contributed by atoms with E-state index in [1.54, 1.807) is 7.11 Å². The van der Waals surface area contributed by atoms with Crippen LogP contribution in [0.15, 0.2) is 42.5 Å². The zero-order valence-corrected chi connectivity index (χ0v) is 15.2. The first kappa shape index (κ1) is 16.9. The maximum absolute atomic E-state index is 5.96. The quantitative estimate of drug-likeness (QED) is 0.738. The van der Waals surface area contributed by atoms with Crippen LogP contribution in [0.4, 0.5) is 5.82 Å². The maximum atomic E-state index is 5.96. The molecule has 1 aliphatic rings. The van der Waals surface area contributed by atoms with Gasteiger partial charge in [-0.2, -0.15) is 0 Å². The van der Waals surface area contributed by atoms with Gasteiger partial charge in [0.25, 0.3) is 0 Å². The van der Waals surface area contributed by atoms with Crippen LogP contribution in [-0.4, -0.2) is 48.7 Å². The van der Waals surface area contributed by atoms with Gasteiger partial charge in [-0.1, -0.05) is 6.07 Å². The number of H-pyrrole nitrogens is 1. The van der Waals surface area contributed by atoms with Crippen LogP contribution in [0.25, 0.3) is 10.9 Å². The summed E-state index contributed by atoms with van der Waals surface area (Å²) in [5, 5.41) is 4.26. The Labute approximate surface area is 153 Å². The lowest BCUT2D eigenvalue weighted by Crippen LogP contribution is -2.38. The number of methoxy groups -OCH3 is 1. The highest BCUT2D eigenvalue weighted by atomic mass is 16.5. The molecule has 1 atom stereocenters. The molecule has 6 heteroatoms. The highest BCUT2D eigenvalue weighted by Gasteiger charge is 2.23. The van der Waals surface area contributed by atoms with E-state index >= 15 is 0 Å². The molecule has 0 amide bonds. The number of nitrogens with zero attached hydrogens (tertiary/aromatic N) is 2. The van der Waals surface area contributed by atoms with E-state index in [0.717, 1.165) is 42.4 Å². The van der Waals surface area contributed by atoms with E-state index in [9.17, 15) is 0 Å². The fraction of sp³-hybridized carbons (Fsp3) is 0.350. The van der Waals surface area contributed by atoms with E-state index in [1.807, 2.05) is 31.3 Å². The van der Waals surface area contributed by atoms with Gasteiger partial charge >= 0.3 is 0 Å². The first-order valence-corrected chi connectivity index (χ1v) is 8.89. The monoisotopic (exact) mass is 352 g/mol. The van der Waals surface area contributed by atoms with Crippen LogP contribution in [0.2, 0.25) is 0 Å². The van der Waals surface area contributed by atoms with Crippen molar-refractivity contribution in [2.75, 3.05) is 39.2 Å². The number of nitrogens with one attached hydrogen (secondary N) is 2. The summed E-state index contributed by atoms with van der Waals surface area (Å²) >= 11 is 0. The summed E-state index contributed by atoms with van der Waals surface area (Å²) in [4.78, 5) is 10.5. The molecule has 1 fully saturated rings. The second-order valence-electron chi connectivity index (χ2n) is 6.54. The molecule has 0 unspecified atom stereocenters. The van der Waals surface area contributed by atoms with E-state index < -0.39 is 0 Å². The zero-order valence-electron chi connectivity index (χ0n) is 15.2. The maximum Gasteiger partial charge on any atom is 0.126 e. The molecule has 6 nitrogen and oxygen atoms in total. The smallest absolute Gasteiger partial charge is 0.126 e. The molecule has 136 valence electrons. The molecule has 0 bridgehead atoms. The molecule has 3 heterocycles. The van der Waals surface area contributed by atoms with Crippen molar-refractivity contribution in [2.45, 2.75) is 12.6 Å². The highest BCUT2D eigenvalue weighted by molar-refractivity contribution is 5.81. The van der Waals surface area contributed by atoms with Gasteiger partial charge in [-0.3, -0.25) is 4.90 Å². The number of morpholine rings is 1. The average molecular weight is 352 g/mol.